The van der Waals surface area contributed by atoms with Crippen LogP contribution in [0.4, 0.5) is 0 Å². The summed E-state index contributed by atoms with van der Waals surface area (Å²) in [5.74, 6) is -0.0607. The normalized spacial score (nSPS) is 15.2. The van der Waals surface area contributed by atoms with E-state index in [9.17, 15) is 4.79 Å². The van der Waals surface area contributed by atoms with Crippen LogP contribution in [0.15, 0.2) is 42.0 Å². The SMILES string of the molecule is O=C(/C=C/c1ccc(Cl)cc1)NCCC1=CCNCC1. The van der Waals surface area contributed by atoms with Crippen LogP contribution in [0.25, 0.3) is 6.08 Å². The highest BCUT2D eigenvalue weighted by Crippen LogP contribution is 2.10. The number of hydrogen-bond acceptors (Lipinski definition) is 2. The predicted octanol–water partition coefficient (Wildman–Crippen LogP) is 2.78. The Bertz CT molecular complexity index is 506. The Morgan fingerprint density at radius 3 is 2.85 bits per heavy atom. The fourth-order valence-corrected chi connectivity index (χ4v) is 2.17. The summed E-state index contributed by atoms with van der Waals surface area (Å²) in [7, 11) is 0. The average molecular weight is 291 g/mol. The summed E-state index contributed by atoms with van der Waals surface area (Å²) in [6.45, 7) is 2.67. The zero-order valence-corrected chi connectivity index (χ0v) is 12.1. The summed E-state index contributed by atoms with van der Waals surface area (Å²) < 4.78 is 0. The van der Waals surface area contributed by atoms with Crippen LogP contribution < -0.4 is 10.6 Å². The lowest BCUT2D eigenvalue weighted by Gasteiger charge is -2.13. The maximum absolute atomic E-state index is 11.7. The molecule has 0 aliphatic carbocycles. The highest BCUT2D eigenvalue weighted by atomic mass is 35.5. The van der Waals surface area contributed by atoms with Gasteiger partial charge >= 0.3 is 0 Å². The fraction of sp³-hybridized carbons (Fsp3) is 0.312. The van der Waals surface area contributed by atoms with Crippen molar-refractivity contribution in [1.82, 2.24) is 10.6 Å². The second-order valence-corrected chi connectivity index (χ2v) is 5.18. The van der Waals surface area contributed by atoms with Crippen molar-refractivity contribution < 1.29 is 4.79 Å². The molecule has 20 heavy (non-hydrogen) atoms. The second kappa shape index (κ2) is 7.88. The van der Waals surface area contributed by atoms with Crippen LogP contribution in [0.5, 0.6) is 0 Å². The van der Waals surface area contributed by atoms with Crippen molar-refractivity contribution in [2.45, 2.75) is 12.8 Å². The highest BCUT2D eigenvalue weighted by molar-refractivity contribution is 6.30. The minimum Gasteiger partial charge on any atom is -0.352 e. The number of benzene rings is 1. The molecule has 1 aliphatic rings. The molecule has 2 rings (SSSR count). The number of hydrogen-bond donors (Lipinski definition) is 2. The molecule has 0 atom stereocenters. The molecular formula is C16H19ClN2O. The molecule has 0 aromatic heterocycles. The van der Waals surface area contributed by atoms with Gasteiger partial charge in [0.1, 0.15) is 0 Å². The van der Waals surface area contributed by atoms with E-state index in [1.54, 1.807) is 12.2 Å². The van der Waals surface area contributed by atoms with E-state index in [1.807, 2.05) is 24.3 Å². The monoisotopic (exact) mass is 290 g/mol. The van der Waals surface area contributed by atoms with Crippen LogP contribution in [0, 0.1) is 0 Å². The van der Waals surface area contributed by atoms with Crippen LogP contribution in [-0.4, -0.2) is 25.5 Å². The minimum absolute atomic E-state index is 0.0607. The lowest BCUT2D eigenvalue weighted by atomic mass is 10.1. The molecule has 1 aromatic rings. The van der Waals surface area contributed by atoms with Crippen molar-refractivity contribution in [2.75, 3.05) is 19.6 Å². The van der Waals surface area contributed by atoms with E-state index in [-0.39, 0.29) is 5.91 Å². The topological polar surface area (TPSA) is 41.1 Å². The quantitative estimate of drug-likeness (QED) is 0.647. The maximum Gasteiger partial charge on any atom is 0.244 e. The summed E-state index contributed by atoms with van der Waals surface area (Å²) >= 11 is 5.80. The summed E-state index contributed by atoms with van der Waals surface area (Å²) in [4.78, 5) is 11.7. The molecule has 0 saturated heterocycles. The molecule has 106 valence electrons. The van der Waals surface area contributed by atoms with E-state index in [1.165, 1.54) is 5.57 Å². The van der Waals surface area contributed by atoms with Gasteiger partial charge in [0, 0.05) is 24.2 Å². The van der Waals surface area contributed by atoms with Gasteiger partial charge in [0.05, 0.1) is 0 Å². The molecule has 2 N–H and O–H groups in total. The Morgan fingerprint density at radius 2 is 2.15 bits per heavy atom. The molecule has 4 heteroatoms. The molecule has 1 amide bonds. The summed E-state index contributed by atoms with van der Waals surface area (Å²) in [5, 5.41) is 6.87. The van der Waals surface area contributed by atoms with Gasteiger partial charge in [-0.05, 0) is 43.2 Å². The summed E-state index contributed by atoms with van der Waals surface area (Å²) in [5.41, 5.74) is 2.39. The summed E-state index contributed by atoms with van der Waals surface area (Å²) in [6.07, 6.45) is 7.56. The van der Waals surface area contributed by atoms with Gasteiger partial charge in [0.2, 0.25) is 5.91 Å². The molecule has 1 aromatic carbocycles. The van der Waals surface area contributed by atoms with Gasteiger partial charge in [-0.3, -0.25) is 4.79 Å². The maximum atomic E-state index is 11.7. The van der Waals surface area contributed by atoms with E-state index >= 15 is 0 Å². The lowest BCUT2D eigenvalue weighted by molar-refractivity contribution is -0.116. The largest absolute Gasteiger partial charge is 0.352 e. The number of nitrogens with one attached hydrogen (secondary N) is 2. The third-order valence-corrected chi connectivity index (χ3v) is 3.45. The van der Waals surface area contributed by atoms with Crippen molar-refractivity contribution in [3.8, 4) is 0 Å². The van der Waals surface area contributed by atoms with E-state index in [2.05, 4.69) is 16.7 Å². The number of carbonyl (C=O) groups is 1. The highest BCUT2D eigenvalue weighted by Gasteiger charge is 2.03. The van der Waals surface area contributed by atoms with Crippen molar-refractivity contribution in [1.29, 1.82) is 0 Å². The Morgan fingerprint density at radius 1 is 1.35 bits per heavy atom. The Balaban J connectivity index is 1.72. The van der Waals surface area contributed by atoms with Gasteiger partial charge in [-0.15, -0.1) is 0 Å². The standard InChI is InChI=1S/C16H19ClN2O/c17-15-4-1-13(2-5-15)3-6-16(20)19-12-9-14-7-10-18-11-8-14/h1-7,18H,8-12H2,(H,19,20)/b6-3+. The molecular weight excluding hydrogens is 272 g/mol. The van der Waals surface area contributed by atoms with Crippen LogP contribution in [-0.2, 0) is 4.79 Å². The van der Waals surface area contributed by atoms with Gasteiger partial charge < -0.3 is 10.6 Å². The smallest absolute Gasteiger partial charge is 0.244 e. The van der Waals surface area contributed by atoms with E-state index < -0.39 is 0 Å². The van der Waals surface area contributed by atoms with Crippen LogP contribution >= 0.6 is 11.6 Å². The number of halogens is 1. The zero-order chi connectivity index (χ0) is 14.2. The first kappa shape index (κ1) is 14.8. The van der Waals surface area contributed by atoms with Crippen LogP contribution in [0.3, 0.4) is 0 Å². The first-order valence-electron chi connectivity index (χ1n) is 6.84. The molecule has 1 aliphatic heterocycles. The van der Waals surface area contributed by atoms with Gasteiger partial charge in [-0.25, -0.2) is 0 Å². The first-order valence-corrected chi connectivity index (χ1v) is 7.22. The molecule has 3 nitrogen and oxygen atoms in total. The molecule has 1 heterocycles. The summed E-state index contributed by atoms with van der Waals surface area (Å²) in [6, 6.07) is 7.38. The predicted molar refractivity (Wildman–Crippen MR) is 83.7 cm³/mol. The molecule has 0 radical (unpaired) electrons. The van der Waals surface area contributed by atoms with Gasteiger partial charge in [0.15, 0.2) is 0 Å². The lowest BCUT2D eigenvalue weighted by Crippen LogP contribution is -2.25. The third kappa shape index (κ3) is 5.19. The molecule has 0 fully saturated rings. The van der Waals surface area contributed by atoms with E-state index in [4.69, 9.17) is 11.6 Å². The van der Waals surface area contributed by atoms with Crippen molar-refractivity contribution in [2.24, 2.45) is 0 Å². The molecule has 0 spiro atoms. The Hall–Kier alpha value is -1.58. The molecule has 0 bridgehead atoms. The Kier molecular flexibility index (Phi) is 5.84. The van der Waals surface area contributed by atoms with E-state index in [0.29, 0.717) is 11.6 Å². The average Bonchev–Trinajstić information content (AvgIpc) is 2.48. The van der Waals surface area contributed by atoms with E-state index in [0.717, 1.165) is 31.5 Å². The number of carbonyl (C=O) groups excluding carboxylic acids is 1. The fourth-order valence-electron chi connectivity index (χ4n) is 2.05. The minimum atomic E-state index is -0.0607. The number of amides is 1. The van der Waals surface area contributed by atoms with Crippen LogP contribution in [0.2, 0.25) is 5.02 Å². The Labute approximate surface area is 124 Å². The zero-order valence-electron chi connectivity index (χ0n) is 11.4. The van der Waals surface area contributed by atoms with Gasteiger partial charge in [-0.2, -0.15) is 0 Å². The first-order chi connectivity index (χ1) is 9.74. The van der Waals surface area contributed by atoms with Crippen LogP contribution in [0.1, 0.15) is 18.4 Å². The molecule has 0 unspecified atom stereocenters. The van der Waals surface area contributed by atoms with Crippen molar-refractivity contribution in [3.63, 3.8) is 0 Å². The number of rotatable bonds is 5. The van der Waals surface area contributed by atoms with Crippen molar-refractivity contribution >= 4 is 23.6 Å². The second-order valence-electron chi connectivity index (χ2n) is 4.74. The molecule has 0 saturated carbocycles. The van der Waals surface area contributed by atoms with Crippen molar-refractivity contribution in [3.05, 3.63) is 52.6 Å². The van der Waals surface area contributed by atoms with Gasteiger partial charge in [0.25, 0.3) is 0 Å². The third-order valence-electron chi connectivity index (χ3n) is 3.20. The van der Waals surface area contributed by atoms with Gasteiger partial charge in [-0.1, -0.05) is 35.4 Å².